The Kier molecular flexibility index (Phi) is 3.80. The molecule has 1 unspecified atom stereocenters. The van der Waals surface area contributed by atoms with Gasteiger partial charge in [-0.3, -0.25) is 0 Å². The number of aromatic nitrogens is 2. The van der Waals surface area contributed by atoms with E-state index in [1.807, 2.05) is 17.4 Å². The van der Waals surface area contributed by atoms with Gasteiger partial charge < -0.3 is 4.90 Å². The summed E-state index contributed by atoms with van der Waals surface area (Å²) < 4.78 is 1.37. The summed E-state index contributed by atoms with van der Waals surface area (Å²) in [6, 6.07) is 19.8. The van der Waals surface area contributed by atoms with E-state index in [4.69, 9.17) is 0 Å². The number of fused-ring (bicyclic) bond motifs is 2. The minimum absolute atomic E-state index is 0.431. The number of rotatable bonds is 2. The molecule has 0 fully saturated rings. The average molecular weight is 357 g/mol. The number of hydrogen-bond donors (Lipinski definition) is 0. The normalized spacial score (nSPS) is 17.3. The number of thiophene rings is 1. The molecule has 3 heterocycles. The van der Waals surface area contributed by atoms with Crippen LogP contribution in [0.3, 0.4) is 0 Å². The van der Waals surface area contributed by atoms with Crippen molar-refractivity contribution in [2.24, 2.45) is 0 Å². The Morgan fingerprint density at radius 2 is 2.00 bits per heavy atom. The van der Waals surface area contributed by atoms with Crippen molar-refractivity contribution in [2.75, 3.05) is 13.6 Å². The molecule has 1 aliphatic rings. The second-order valence-electron chi connectivity index (χ2n) is 6.94. The first-order valence-corrected chi connectivity index (χ1v) is 9.66. The SMILES string of the molecule is CN1Cc2cc(-c3ccncn3)ccc2C(c2cc3ccccc3s2)C1. The van der Waals surface area contributed by atoms with Gasteiger partial charge in [0.2, 0.25) is 0 Å². The molecule has 2 aromatic carbocycles. The van der Waals surface area contributed by atoms with Gasteiger partial charge in [-0.25, -0.2) is 9.97 Å². The fraction of sp³-hybridized carbons (Fsp3) is 0.182. The summed E-state index contributed by atoms with van der Waals surface area (Å²) in [7, 11) is 2.21. The summed E-state index contributed by atoms with van der Waals surface area (Å²) >= 11 is 1.92. The summed E-state index contributed by atoms with van der Waals surface area (Å²) in [6.45, 7) is 2.04. The number of likely N-dealkylation sites (N-methyl/N-ethyl adjacent to an activating group) is 1. The van der Waals surface area contributed by atoms with Crippen molar-refractivity contribution < 1.29 is 0 Å². The quantitative estimate of drug-likeness (QED) is 0.509. The highest BCUT2D eigenvalue weighted by Crippen LogP contribution is 2.39. The van der Waals surface area contributed by atoms with Gasteiger partial charge in [0.05, 0.1) is 5.69 Å². The molecular weight excluding hydrogens is 338 g/mol. The van der Waals surface area contributed by atoms with Crippen LogP contribution in [0.2, 0.25) is 0 Å². The van der Waals surface area contributed by atoms with Crippen molar-refractivity contribution >= 4 is 21.4 Å². The van der Waals surface area contributed by atoms with Gasteiger partial charge in [-0.05, 0) is 47.8 Å². The highest BCUT2D eigenvalue weighted by molar-refractivity contribution is 7.19. The smallest absolute Gasteiger partial charge is 0.116 e. The monoisotopic (exact) mass is 357 g/mol. The molecule has 4 heteroatoms. The Bertz CT molecular complexity index is 1040. The van der Waals surface area contributed by atoms with E-state index in [9.17, 15) is 0 Å². The second kappa shape index (κ2) is 6.31. The topological polar surface area (TPSA) is 29.0 Å². The Hall–Kier alpha value is -2.56. The molecule has 0 radical (unpaired) electrons. The third-order valence-corrected chi connectivity index (χ3v) is 6.35. The third-order valence-electron chi connectivity index (χ3n) is 5.12. The molecule has 2 aromatic heterocycles. The van der Waals surface area contributed by atoms with Crippen molar-refractivity contribution in [3.63, 3.8) is 0 Å². The van der Waals surface area contributed by atoms with Crippen molar-refractivity contribution in [1.29, 1.82) is 0 Å². The molecule has 0 saturated heterocycles. The summed E-state index contributed by atoms with van der Waals surface area (Å²) in [5.74, 6) is 0.431. The zero-order chi connectivity index (χ0) is 17.5. The largest absolute Gasteiger partial charge is 0.301 e. The lowest BCUT2D eigenvalue weighted by atomic mass is 9.87. The molecule has 3 nitrogen and oxygen atoms in total. The molecule has 5 rings (SSSR count). The molecule has 128 valence electrons. The molecule has 0 spiro atoms. The standard InChI is InChI=1S/C22H19N3S/c1-25-12-17-10-15(20-8-9-23-14-24-20)6-7-18(17)19(13-25)22-11-16-4-2-3-5-21(16)26-22/h2-11,14,19H,12-13H2,1H3. The highest BCUT2D eigenvalue weighted by atomic mass is 32.1. The van der Waals surface area contributed by atoms with Crippen LogP contribution in [0.4, 0.5) is 0 Å². The summed E-state index contributed by atoms with van der Waals surface area (Å²) in [4.78, 5) is 12.3. The summed E-state index contributed by atoms with van der Waals surface area (Å²) in [6.07, 6.45) is 3.41. The van der Waals surface area contributed by atoms with Gasteiger partial charge >= 0.3 is 0 Å². The molecular formula is C22H19N3S. The Balaban J connectivity index is 1.59. The Morgan fingerprint density at radius 1 is 1.08 bits per heavy atom. The van der Waals surface area contributed by atoms with Crippen LogP contribution < -0.4 is 0 Å². The first-order chi connectivity index (χ1) is 12.8. The number of hydrogen-bond acceptors (Lipinski definition) is 4. The van der Waals surface area contributed by atoms with Crippen LogP contribution in [0.15, 0.2) is 67.1 Å². The van der Waals surface area contributed by atoms with Crippen molar-refractivity contribution in [3.8, 4) is 11.3 Å². The van der Waals surface area contributed by atoms with Crippen LogP contribution in [0.1, 0.15) is 21.9 Å². The second-order valence-corrected chi connectivity index (χ2v) is 8.06. The summed E-state index contributed by atoms with van der Waals surface area (Å²) in [5.41, 5.74) is 5.00. The van der Waals surface area contributed by atoms with E-state index in [0.717, 1.165) is 24.3 Å². The highest BCUT2D eigenvalue weighted by Gasteiger charge is 2.26. The maximum atomic E-state index is 4.40. The van der Waals surface area contributed by atoms with Gasteiger partial charge in [-0.1, -0.05) is 30.3 Å². The molecule has 4 aromatic rings. The van der Waals surface area contributed by atoms with E-state index in [1.54, 1.807) is 12.5 Å². The Morgan fingerprint density at radius 3 is 2.85 bits per heavy atom. The molecule has 0 aliphatic carbocycles. The molecule has 26 heavy (non-hydrogen) atoms. The molecule has 1 aliphatic heterocycles. The lowest BCUT2D eigenvalue weighted by molar-refractivity contribution is 0.296. The third kappa shape index (κ3) is 2.71. The molecule has 1 atom stereocenters. The fourth-order valence-corrected chi connectivity index (χ4v) is 5.06. The minimum Gasteiger partial charge on any atom is -0.301 e. The first-order valence-electron chi connectivity index (χ1n) is 8.84. The zero-order valence-corrected chi connectivity index (χ0v) is 15.4. The van der Waals surface area contributed by atoms with Crippen LogP contribution in [0, 0.1) is 0 Å². The fourth-order valence-electron chi connectivity index (χ4n) is 3.89. The van der Waals surface area contributed by atoms with Crippen LogP contribution in [-0.2, 0) is 6.54 Å². The van der Waals surface area contributed by atoms with Crippen molar-refractivity contribution in [1.82, 2.24) is 14.9 Å². The maximum absolute atomic E-state index is 4.40. The average Bonchev–Trinajstić information content (AvgIpc) is 3.11. The maximum Gasteiger partial charge on any atom is 0.116 e. The lowest BCUT2D eigenvalue weighted by Crippen LogP contribution is -2.30. The number of nitrogens with zero attached hydrogens (tertiary/aromatic N) is 3. The molecule has 0 saturated carbocycles. The van der Waals surface area contributed by atoms with Crippen LogP contribution in [-0.4, -0.2) is 28.5 Å². The van der Waals surface area contributed by atoms with E-state index in [2.05, 4.69) is 70.4 Å². The van der Waals surface area contributed by atoms with Crippen LogP contribution in [0.25, 0.3) is 21.3 Å². The van der Waals surface area contributed by atoms with Crippen LogP contribution >= 0.6 is 11.3 Å². The molecule has 0 N–H and O–H groups in total. The van der Waals surface area contributed by atoms with Crippen molar-refractivity contribution in [3.05, 3.63) is 83.1 Å². The van der Waals surface area contributed by atoms with E-state index in [1.165, 1.54) is 26.1 Å². The van der Waals surface area contributed by atoms with Crippen molar-refractivity contribution in [2.45, 2.75) is 12.5 Å². The van der Waals surface area contributed by atoms with E-state index >= 15 is 0 Å². The lowest BCUT2D eigenvalue weighted by Gasteiger charge is -2.32. The van der Waals surface area contributed by atoms with Gasteiger partial charge in [0.15, 0.2) is 0 Å². The Labute approximate surface area is 157 Å². The van der Waals surface area contributed by atoms with Gasteiger partial charge in [-0.2, -0.15) is 0 Å². The van der Waals surface area contributed by atoms with Gasteiger partial charge in [-0.15, -0.1) is 11.3 Å². The predicted octanol–water partition coefficient (Wildman–Crippen LogP) is 4.94. The zero-order valence-electron chi connectivity index (χ0n) is 14.6. The van der Waals surface area contributed by atoms with Gasteiger partial charge in [0.25, 0.3) is 0 Å². The van der Waals surface area contributed by atoms with E-state index < -0.39 is 0 Å². The van der Waals surface area contributed by atoms with E-state index in [-0.39, 0.29) is 0 Å². The number of benzene rings is 2. The summed E-state index contributed by atoms with van der Waals surface area (Å²) in [5, 5.41) is 1.35. The first kappa shape index (κ1) is 15.7. The van der Waals surface area contributed by atoms with Gasteiger partial charge in [0.1, 0.15) is 6.33 Å². The predicted molar refractivity (Wildman–Crippen MR) is 107 cm³/mol. The van der Waals surface area contributed by atoms with Crippen LogP contribution in [0.5, 0.6) is 0 Å². The minimum atomic E-state index is 0.431. The molecule has 0 bridgehead atoms. The molecule has 0 amide bonds. The van der Waals surface area contributed by atoms with Gasteiger partial charge in [0, 0.05) is 40.3 Å². The van der Waals surface area contributed by atoms with E-state index in [0.29, 0.717) is 5.92 Å².